The number of fused-ring (bicyclic) bond motifs is 1. The van der Waals surface area contributed by atoms with Crippen molar-refractivity contribution in [3.63, 3.8) is 0 Å². The van der Waals surface area contributed by atoms with Crippen LogP contribution in [0.1, 0.15) is 34.6 Å². The van der Waals surface area contributed by atoms with E-state index in [1.165, 1.54) is 36.8 Å². The lowest BCUT2D eigenvalue weighted by atomic mass is 10.0. The number of benzene rings is 1. The molecule has 4 rings (SSSR count). The van der Waals surface area contributed by atoms with E-state index in [2.05, 4.69) is 33.6 Å². The van der Waals surface area contributed by atoms with Crippen molar-refractivity contribution < 1.29 is 18.0 Å². The van der Waals surface area contributed by atoms with E-state index in [1.807, 2.05) is 11.8 Å². The number of hydrogen-bond donors (Lipinski definition) is 2. The van der Waals surface area contributed by atoms with Gasteiger partial charge in [0.25, 0.3) is 5.91 Å². The number of aryl methyl sites for hydroxylation is 1. The Hall–Kier alpha value is -3.05. The maximum Gasteiger partial charge on any atom is 0.394 e. The molecule has 3 N–H and O–H groups in total. The zero-order chi connectivity index (χ0) is 27.0. The third kappa shape index (κ3) is 8.78. The third-order valence-electron chi connectivity index (χ3n) is 5.93. The largest absolute Gasteiger partial charge is 0.398 e. The number of nitrogens with zero attached hydrogens (tertiary/aromatic N) is 4. The van der Waals surface area contributed by atoms with Gasteiger partial charge in [0.05, 0.1) is 29.6 Å². The molecule has 1 atom stereocenters. The minimum Gasteiger partial charge on any atom is -0.398 e. The number of carbonyl (C=O) groups is 1. The topological polar surface area (TPSA) is 89.1 Å². The second-order valence-electron chi connectivity index (χ2n) is 9.01. The van der Waals surface area contributed by atoms with Crippen LogP contribution >= 0.6 is 11.8 Å². The molecule has 200 valence electrons. The van der Waals surface area contributed by atoms with E-state index in [4.69, 9.17) is 5.73 Å². The predicted octanol–water partition coefficient (Wildman–Crippen LogP) is 4.54. The van der Waals surface area contributed by atoms with Crippen LogP contribution in [0.4, 0.5) is 18.9 Å². The second-order valence-corrected chi connectivity index (χ2v) is 10.1. The van der Waals surface area contributed by atoms with Crippen molar-refractivity contribution in [2.75, 3.05) is 38.7 Å². The molecule has 1 aliphatic rings. The van der Waals surface area contributed by atoms with Crippen LogP contribution in [-0.2, 0) is 13.5 Å². The number of aromatic nitrogens is 3. The first-order chi connectivity index (χ1) is 17.6. The Bertz CT molecular complexity index is 1230. The van der Waals surface area contributed by atoms with Gasteiger partial charge in [0.2, 0.25) is 0 Å². The highest BCUT2D eigenvalue weighted by Gasteiger charge is 2.29. The number of thioether (sulfide) groups is 1. The zero-order valence-corrected chi connectivity index (χ0v) is 22.1. The highest BCUT2D eigenvalue weighted by Crippen LogP contribution is 2.29. The van der Waals surface area contributed by atoms with Crippen molar-refractivity contribution in [3.8, 4) is 0 Å². The van der Waals surface area contributed by atoms with Crippen molar-refractivity contribution in [2.45, 2.75) is 30.7 Å². The first-order valence-corrected chi connectivity index (χ1v) is 13.2. The highest BCUT2D eigenvalue weighted by molar-refractivity contribution is 7.99. The number of anilines is 1. The number of alkyl halides is 3. The molecule has 3 aromatic rings. The lowest BCUT2D eigenvalue weighted by Gasteiger charge is -2.28. The zero-order valence-electron chi connectivity index (χ0n) is 21.3. The van der Waals surface area contributed by atoms with Crippen LogP contribution in [-0.4, -0.2) is 69.9 Å². The molecule has 3 heterocycles. The second kappa shape index (κ2) is 13.0. The molecule has 1 fully saturated rings. The Morgan fingerprint density at radius 2 is 2.08 bits per heavy atom. The van der Waals surface area contributed by atoms with Crippen LogP contribution in [0.5, 0.6) is 0 Å². The normalized spacial score (nSPS) is 16.5. The number of rotatable bonds is 6. The summed E-state index contributed by atoms with van der Waals surface area (Å²) in [5.41, 5.74) is 6.96. The fourth-order valence-corrected chi connectivity index (χ4v) is 4.89. The number of amides is 1. The lowest BCUT2D eigenvalue weighted by molar-refractivity contribution is -0.127. The van der Waals surface area contributed by atoms with Crippen molar-refractivity contribution in [1.82, 2.24) is 25.0 Å². The molecule has 0 aliphatic carbocycles. The SMILES string of the molecule is CSC1CCCN(C)C1.Cn1cc(C(=O)NC/C=C/c2cc3c(N)cccc3c(CC(F)(F)F)n2)cn1. The maximum atomic E-state index is 12.9. The maximum absolute atomic E-state index is 12.9. The minimum atomic E-state index is -4.38. The Morgan fingerprint density at radius 3 is 2.70 bits per heavy atom. The van der Waals surface area contributed by atoms with Crippen LogP contribution in [0.25, 0.3) is 16.8 Å². The van der Waals surface area contributed by atoms with Gasteiger partial charge in [-0.2, -0.15) is 30.0 Å². The molecule has 0 spiro atoms. The Kier molecular flexibility index (Phi) is 9.99. The van der Waals surface area contributed by atoms with Crippen LogP contribution < -0.4 is 11.1 Å². The van der Waals surface area contributed by atoms with Crippen molar-refractivity contribution in [3.05, 3.63) is 59.7 Å². The molecule has 2 aromatic heterocycles. The van der Waals surface area contributed by atoms with Gasteiger partial charge in [0.1, 0.15) is 0 Å². The first-order valence-electron chi connectivity index (χ1n) is 12.0. The van der Waals surface area contributed by atoms with Gasteiger partial charge in [0, 0.05) is 48.0 Å². The summed E-state index contributed by atoms with van der Waals surface area (Å²) in [7, 11) is 3.91. The van der Waals surface area contributed by atoms with Gasteiger partial charge in [-0.15, -0.1) is 0 Å². The van der Waals surface area contributed by atoms with Gasteiger partial charge < -0.3 is 16.0 Å². The third-order valence-corrected chi connectivity index (χ3v) is 6.98. The van der Waals surface area contributed by atoms with E-state index < -0.39 is 12.6 Å². The number of nitrogens with one attached hydrogen (secondary N) is 1. The van der Waals surface area contributed by atoms with E-state index in [9.17, 15) is 18.0 Å². The number of hydrogen-bond acceptors (Lipinski definition) is 6. The van der Waals surface area contributed by atoms with Gasteiger partial charge in [-0.1, -0.05) is 18.2 Å². The Morgan fingerprint density at radius 1 is 1.30 bits per heavy atom. The summed E-state index contributed by atoms with van der Waals surface area (Å²) in [4.78, 5) is 18.5. The molecule has 1 aliphatic heterocycles. The van der Waals surface area contributed by atoms with E-state index in [0.29, 0.717) is 27.7 Å². The van der Waals surface area contributed by atoms with Crippen molar-refractivity contribution >= 4 is 40.2 Å². The van der Waals surface area contributed by atoms with Crippen LogP contribution in [0, 0.1) is 0 Å². The summed E-state index contributed by atoms with van der Waals surface area (Å²) in [6.45, 7) is 2.78. The average Bonchev–Trinajstić information content (AvgIpc) is 3.28. The number of likely N-dealkylation sites (tertiary alicyclic amines) is 1. The molecule has 0 saturated carbocycles. The van der Waals surface area contributed by atoms with E-state index >= 15 is 0 Å². The number of carbonyl (C=O) groups excluding carboxylic acids is 1. The van der Waals surface area contributed by atoms with Crippen molar-refractivity contribution in [2.24, 2.45) is 7.05 Å². The van der Waals surface area contributed by atoms with E-state index in [0.717, 1.165) is 5.25 Å². The quantitative estimate of drug-likeness (QED) is 0.452. The molecule has 1 aromatic carbocycles. The van der Waals surface area contributed by atoms with Crippen LogP contribution in [0.3, 0.4) is 0 Å². The lowest BCUT2D eigenvalue weighted by Crippen LogP contribution is -2.33. The monoisotopic (exact) mass is 534 g/mol. The first kappa shape index (κ1) is 28.5. The smallest absolute Gasteiger partial charge is 0.394 e. The van der Waals surface area contributed by atoms with Gasteiger partial charge in [-0.05, 0) is 50.9 Å². The highest BCUT2D eigenvalue weighted by atomic mass is 32.2. The number of piperidine rings is 1. The van der Waals surface area contributed by atoms with Gasteiger partial charge in [-0.25, -0.2) is 0 Å². The fraction of sp³-hybridized carbons (Fsp3) is 0.423. The number of halogens is 3. The number of nitrogen functional groups attached to an aromatic ring is 1. The molecule has 1 unspecified atom stereocenters. The molecule has 11 heteroatoms. The summed E-state index contributed by atoms with van der Waals surface area (Å²) < 4.78 is 40.3. The minimum absolute atomic E-state index is 0.0867. The number of nitrogens with two attached hydrogens (primary N) is 1. The van der Waals surface area contributed by atoms with E-state index in [-0.39, 0.29) is 18.1 Å². The summed E-state index contributed by atoms with van der Waals surface area (Å²) in [5.74, 6) is -0.300. The molecule has 37 heavy (non-hydrogen) atoms. The molecular formula is C26H33F3N6OS. The summed E-state index contributed by atoms with van der Waals surface area (Å²) in [5, 5.41) is 8.38. The van der Waals surface area contributed by atoms with Crippen LogP contribution in [0.2, 0.25) is 0 Å². The molecule has 0 bridgehead atoms. The van der Waals surface area contributed by atoms with Crippen molar-refractivity contribution in [1.29, 1.82) is 0 Å². The standard InChI is InChI=1S/C19H18F3N5O.C7H15NS/c1-27-11-12(10-25-27)18(28)24-7-3-4-13-8-15-14(5-2-6-16(15)23)17(26-13)9-19(20,21)22;1-8-5-3-4-7(6-8)9-2/h2-6,8,10-11H,7,9,23H2,1H3,(H,24,28);7H,3-6H2,1-2H3/b4-3+;. The number of pyridine rings is 1. The van der Waals surface area contributed by atoms with Gasteiger partial charge >= 0.3 is 6.18 Å². The van der Waals surface area contributed by atoms with Gasteiger partial charge in [0.15, 0.2) is 0 Å². The summed E-state index contributed by atoms with van der Waals surface area (Å²) >= 11 is 2.01. The average molecular weight is 535 g/mol. The molecular weight excluding hydrogens is 501 g/mol. The summed E-state index contributed by atoms with van der Waals surface area (Å²) in [6.07, 6.45) is 5.68. The molecule has 1 saturated heterocycles. The Balaban J connectivity index is 0.000000356. The predicted molar refractivity (Wildman–Crippen MR) is 145 cm³/mol. The van der Waals surface area contributed by atoms with E-state index in [1.54, 1.807) is 49.7 Å². The molecule has 7 nitrogen and oxygen atoms in total. The van der Waals surface area contributed by atoms with Gasteiger partial charge in [-0.3, -0.25) is 14.5 Å². The Labute approximate surface area is 219 Å². The summed E-state index contributed by atoms with van der Waals surface area (Å²) in [6, 6.07) is 6.43. The molecule has 1 amide bonds. The van der Waals surface area contributed by atoms with Crippen LogP contribution in [0.15, 0.2) is 42.7 Å². The molecule has 0 radical (unpaired) electrons. The fourth-order valence-electron chi connectivity index (χ4n) is 4.09.